The number of hydrogen-bond donors (Lipinski definition) is 0. The van der Waals surface area contributed by atoms with Crippen molar-refractivity contribution in [2.75, 3.05) is 32.7 Å². The number of hydrogen-bond acceptors (Lipinski definition) is 4. The molecule has 2 atom stereocenters. The quantitative estimate of drug-likeness (QED) is 0.476. The van der Waals surface area contributed by atoms with Gasteiger partial charge in [0.15, 0.2) is 0 Å². The van der Waals surface area contributed by atoms with E-state index in [9.17, 15) is 0 Å². The van der Waals surface area contributed by atoms with Crippen LogP contribution >= 0.6 is 0 Å². The molecule has 0 fully saturated rings. The van der Waals surface area contributed by atoms with Crippen molar-refractivity contribution in [3.8, 4) is 0 Å². The monoisotopic (exact) mass is 412 g/mol. The molecule has 0 spiro atoms. The summed E-state index contributed by atoms with van der Waals surface area (Å²) in [5.74, 6) is 0. The number of benzene rings is 3. The second-order valence-electron chi connectivity index (χ2n) is 8.47. The molecule has 0 bridgehead atoms. The average molecular weight is 413 g/mol. The van der Waals surface area contributed by atoms with E-state index in [1.165, 1.54) is 39.7 Å². The van der Waals surface area contributed by atoms with Crippen LogP contribution in [0.25, 0.3) is 0 Å². The second-order valence-corrected chi connectivity index (χ2v) is 8.47. The molecule has 0 saturated heterocycles. The highest BCUT2D eigenvalue weighted by atomic mass is 15.4. The van der Waals surface area contributed by atoms with Crippen LogP contribution in [0.1, 0.15) is 33.3 Å². The third kappa shape index (κ3) is 2.81. The molecule has 5 rings (SSSR count). The fourth-order valence-electron chi connectivity index (χ4n) is 5.57. The molecule has 4 heteroatoms. The zero-order valence-corrected chi connectivity index (χ0v) is 19.2. The maximum atomic E-state index is 2.50. The molecule has 0 saturated carbocycles. The van der Waals surface area contributed by atoms with E-state index in [4.69, 9.17) is 0 Å². The van der Waals surface area contributed by atoms with E-state index in [1.807, 2.05) is 0 Å². The molecule has 0 aliphatic carbocycles. The maximum Gasteiger partial charge on any atom is 0.104 e. The molecule has 3 aromatic rings. The summed E-state index contributed by atoms with van der Waals surface area (Å²) in [5.41, 5.74) is 9.12. The lowest BCUT2D eigenvalue weighted by Crippen LogP contribution is -2.39. The van der Waals surface area contributed by atoms with Crippen molar-refractivity contribution < 1.29 is 0 Å². The van der Waals surface area contributed by atoms with E-state index in [2.05, 4.69) is 121 Å². The molecule has 2 heterocycles. The Bertz CT molecular complexity index is 1020. The summed E-state index contributed by atoms with van der Waals surface area (Å²) in [5, 5.41) is 0. The zero-order chi connectivity index (χ0) is 21.7. The fourth-order valence-corrected chi connectivity index (χ4v) is 5.57. The van der Waals surface area contributed by atoms with E-state index < -0.39 is 0 Å². The summed E-state index contributed by atoms with van der Waals surface area (Å²) < 4.78 is 0. The normalized spacial score (nSPS) is 19.8. The first-order valence-electron chi connectivity index (χ1n) is 11.5. The van der Waals surface area contributed by atoms with Gasteiger partial charge in [-0.05, 0) is 76.6 Å². The Balaban J connectivity index is 1.63. The molecule has 0 radical (unpaired) electrons. The lowest BCUT2D eigenvalue weighted by atomic mass is 10.1. The van der Waals surface area contributed by atoms with Gasteiger partial charge in [-0.3, -0.25) is 0 Å². The van der Waals surface area contributed by atoms with Crippen LogP contribution in [0.4, 0.5) is 34.1 Å². The van der Waals surface area contributed by atoms with Gasteiger partial charge in [-0.25, -0.2) is 0 Å². The first kappa shape index (κ1) is 19.8. The van der Waals surface area contributed by atoms with Gasteiger partial charge in [0.2, 0.25) is 0 Å². The van der Waals surface area contributed by atoms with Gasteiger partial charge in [-0.2, -0.15) is 0 Å². The third-order valence-corrected chi connectivity index (χ3v) is 7.03. The van der Waals surface area contributed by atoms with Gasteiger partial charge in [0.1, 0.15) is 12.3 Å². The molecule has 2 aliphatic heterocycles. The van der Waals surface area contributed by atoms with E-state index in [0.29, 0.717) is 0 Å². The maximum absolute atomic E-state index is 2.50. The summed E-state index contributed by atoms with van der Waals surface area (Å²) in [6.07, 6.45) is 0.568. The fraction of sp³-hybridized carbons (Fsp3) is 0.333. The molecule has 4 nitrogen and oxygen atoms in total. The van der Waals surface area contributed by atoms with Crippen LogP contribution < -0.4 is 19.6 Å². The molecular formula is C27H32N4. The van der Waals surface area contributed by atoms with Crippen LogP contribution in [0, 0.1) is 6.92 Å². The van der Waals surface area contributed by atoms with Crippen molar-refractivity contribution >= 4 is 34.1 Å². The topological polar surface area (TPSA) is 13.0 Å². The average Bonchev–Trinajstić information content (AvgIpc) is 3.23. The first-order chi connectivity index (χ1) is 15.1. The van der Waals surface area contributed by atoms with E-state index in [1.54, 1.807) is 0 Å². The minimum Gasteiger partial charge on any atom is -0.350 e. The van der Waals surface area contributed by atoms with Gasteiger partial charge in [0, 0.05) is 24.5 Å². The van der Waals surface area contributed by atoms with Crippen LogP contribution in [0.2, 0.25) is 0 Å². The van der Waals surface area contributed by atoms with Crippen LogP contribution in [-0.2, 0) is 0 Å². The van der Waals surface area contributed by atoms with Crippen molar-refractivity contribution in [3.05, 3.63) is 72.3 Å². The summed E-state index contributed by atoms with van der Waals surface area (Å²) in [7, 11) is 0. The van der Waals surface area contributed by atoms with Crippen LogP contribution in [0.15, 0.2) is 66.7 Å². The molecule has 0 N–H and O–H groups in total. The van der Waals surface area contributed by atoms with Gasteiger partial charge in [-0.15, -0.1) is 0 Å². The van der Waals surface area contributed by atoms with Crippen molar-refractivity contribution in [2.24, 2.45) is 0 Å². The van der Waals surface area contributed by atoms with Crippen molar-refractivity contribution in [2.45, 2.75) is 47.0 Å². The predicted molar refractivity (Wildman–Crippen MR) is 133 cm³/mol. The summed E-state index contributed by atoms with van der Waals surface area (Å²) in [6, 6.07) is 24.3. The minimum absolute atomic E-state index is 0.284. The third-order valence-electron chi connectivity index (χ3n) is 7.03. The van der Waals surface area contributed by atoms with Crippen LogP contribution in [0.5, 0.6) is 0 Å². The smallest absolute Gasteiger partial charge is 0.104 e. The van der Waals surface area contributed by atoms with Gasteiger partial charge in [0.05, 0.1) is 22.7 Å². The molecule has 160 valence electrons. The summed E-state index contributed by atoms with van der Waals surface area (Å²) >= 11 is 0. The Morgan fingerprint density at radius 3 is 1.29 bits per heavy atom. The molecule has 0 amide bonds. The number of fused-ring (bicyclic) bond motifs is 2. The molecular weight excluding hydrogens is 380 g/mol. The van der Waals surface area contributed by atoms with Crippen molar-refractivity contribution in [1.29, 1.82) is 0 Å². The Morgan fingerprint density at radius 2 is 0.903 bits per heavy atom. The standard InChI is InChI=1S/C27H32N4/c1-6-28-20(4)30(26-15-10-8-13-24(26)28)22-17-12-18-23(19(22)3)31-21(5)29(7-2)25-14-9-11-16-27(25)31/h8-18,20-21H,6-7H2,1-5H3/t20-,21+. The number of rotatable bonds is 4. The lowest BCUT2D eigenvalue weighted by Gasteiger charge is -2.34. The summed E-state index contributed by atoms with van der Waals surface area (Å²) in [6.45, 7) is 13.4. The van der Waals surface area contributed by atoms with E-state index in [0.717, 1.165) is 13.1 Å². The number of anilines is 6. The van der Waals surface area contributed by atoms with Gasteiger partial charge in [-0.1, -0.05) is 30.3 Å². The van der Waals surface area contributed by atoms with Crippen LogP contribution in [-0.4, -0.2) is 25.4 Å². The lowest BCUT2D eigenvalue weighted by molar-refractivity contribution is 0.685. The highest BCUT2D eigenvalue weighted by Gasteiger charge is 2.36. The van der Waals surface area contributed by atoms with E-state index in [-0.39, 0.29) is 12.3 Å². The Hall–Kier alpha value is -3.14. The van der Waals surface area contributed by atoms with Gasteiger partial charge >= 0.3 is 0 Å². The molecule has 2 aliphatic rings. The highest BCUT2D eigenvalue weighted by Crippen LogP contribution is 2.49. The summed E-state index contributed by atoms with van der Waals surface area (Å²) in [4.78, 5) is 9.96. The zero-order valence-electron chi connectivity index (χ0n) is 19.2. The Labute approximate surface area is 186 Å². The van der Waals surface area contributed by atoms with Crippen molar-refractivity contribution in [1.82, 2.24) is 0 Å². The van der Waals surface area contributed by atoms with Crippen LogP contribution in [0.3, 0.4) is 0 Å². The first-order valence-corrected chi connectivity index (χ1v) is 11.5. The molecule has 31 heavy (non-hydrogen) atoms. The molecule has 0 aromatic heterocycles. The second kappa shape index (κ2) is 7.52. The van der Waals surface area contributed by atoms with E-state index >= 15 is 0 Å². The Kier molecular flexibility index (Phi) is 4.81. The highest BCUT2D eigenvalue weighted by molar-refractivity contribution is 5.89. The number of para-hydroxylation sites is 4. The number of nitrogens with zero attached hydrogens (tertiary/aromatic N) is 4. The Morgan fingerprint density at radius 1 is 0.548 bits per heavy atom. The molecule has 3 aromatic carbocycles. The largest absolute Gasteiger partial charge is 0.350 e. The SMILES string of the molecule is CCN1c2ccccc2N(c2cccc(N3c4ccccc4N(CC)[C@@H]3C)c2C)[C@@H]1C. The molecule has 0 unspecified atom stereocenters. The predicted octanol–water partition coefficient (Wildman–Crippen LogP) is 6.64. The minimum atomic E-state index is 0.284. The van der Waals surface area contributed by atoms with Gasteiger partial charge in [0.25, 0.3) is 0 Å². The van der Waals surface area contributed by atoms with Gasteiger partial charge < -0.3 is 19.6 Å². The van der Waals surface area contributed by atoms with Crippen molar-refractivity contribution in [3.63, 3.8) is 0 Å².